The smallest absolute Gasteiger partial charge is 0.224 e. The van der Waals surface area contributed by atoms with E-state index in [9.17, 15) is 9.18 Å². The third-order valence-electron chi connectivity index (χ3n) is 4.63. The van der Waals surface area contributed by atoms with Gasteiger partial charge in [0.1, 0.15) is 11.6 Å². The van der Waals surface area contributed by atoms with Gasteiger partial charge in [0.25, 0.3) is 0 Å². The summed E-state index contributed by atoms with van der Waals surface area (Å²) in [5.41, 5.74) is 3.56. The first-order chi connectivity index (χ1) is 13.6. The van der Waals surface area contributed by atoms with E-state index in [-0.39, 0.29) is 11.7 Å². The minimum atomic E-state index is -0.266. The molecule has 2 heterocycles. The molecule has 2 aromatic heterocycles. The molecule has 0 unspecified atom stereocenters. The number of hydrogen-bond acceptors (Lipinski definition) is 3. The fraction of sp³-hybridized carbons (Fsp3) is 0.190. The van der Waals surface area contributed by atoms with Gasteiger partial charge in [-0.25, -0.2) is 9.37 Å². The SMILES string of the molecule is Cn1c(CCC(=O)Nc2cnn(Cc3ccc(F)cc3)c2)nc2ccccc21. The quantitative estimate of drug-likeness (QED) is 0.559. The minimum absolute atomic E-state index is 0.0895. The monoisotopic (exact) mass is 377 g/mol. The van der Waals surface area contributed by atoms with Crippen molar-refractivity contribution in [1.82, 2.24) is 19.3 Å². The number of imidazole rings is 1. The van der Waals surface area contributed by atoms with Gasteiger partial charge in [0, 0.05) is 26.1 Å². The number of para-hydroxylation sites is 2. The highest BCUT2D eigenvalue weighted by atomic mass is 19.1. The lowest BCUT2D eigenvalue weighted by Gasteiger charge is -2.04. The molecule has 2 aromatic carbocycles. The molecule has 28 heavy (non-hydrogen) atoms. The molecule has 142 valence electrons. The fourth-order valence-corrected chi connectivity index (χ4v) is 3.16. The van der Waals surface area contributed by atoms with Crippen molar-refractivity contribution in [2.75, 3.05) is 5.32 Å². The van der Waals surface area contributed by atoms with Crippen LogP contribution in [-0.2, 0) is 24.8 Å². The van der Waals surface area contributed by atoms with Crippen LogP contribution in [0.2, 0.25) is 0 Å². The molecular formula is C21H20FN5O. The number of fused-ring (bicyclic) bond motifs is 1. The summed E-state index contributed by atoms with van der Waals surface area (Å²) in [7, 11) is 1.96. The van der Waals surface area contributed by atoms with Crippen LogP contribution < -0.4 is 5.32 Å². The second-order valence-corrected chi connectivity index (χ2v) is 6.68. The number of rotatable bonds is 6. The van der Waals surface area contributed by atoms with Crippen molar-refractivity contribution in [3.63, 3.8) is 0 Å². The summed E-state index contributed by atoms with van der Waals surface area (Å²) >= 11 is 0. The minimum Gasteiger partial charge on any atom is -0.331 e. The highest BCUT2D eigenvalue weighted by molar-refractivity contribution is 5.90. The molecule has 1 amide bonds. The number of aromatic nitrogens is 4. The molecule has 0 aliphatic heterocycles. The van der Waals surface area contributed by atoms with Crippen LogP contribution in [0.4, 0.5) is 10.1 Å². The second-order valence-electron chi connectivity index (χ2n) is 6.68. The van der Waals surface area contributed by atoms with Crippen molar-refractivity contribution in [1.29, 1.82) is 0 Å². The lowest BCUT2D eigenvalue weighted by Crippen LogP contribution is -2.13. The molecule has 0 fully saturated rings. The van der Waals surface area contributed by atoms with Gasteiger partial charge in [0.15, 0.2) is 0 Å². The number of benzene rings is 2. The maximum atomic E-state index is 13.0. The molecule has 0 aliphatic carbocycles. The lowest BCUT2D eigenvalue weighted by atomic mass is 10.2. The molecule has 4 aromatic rings. The number of carbonyl (C=O) groups excluding carboxylic acids is 1. The summed E-state index contributed by atoms with van der Waals surface area (Å²) in [4.78, 5) is 16.9. The number of halogens is 1. The molecule has 0 saturated heterocycles. The molecule has 0 radical (unpaired) electrons. The standard InChI is InChI=1S/C21H20FN5O/c1-26-19-5-3-2-4-18(19)25-20(26)10-11-21(28)24-17-12-23-27(14-17)13-15-6-8-16(22)9-7-15/h2-9,12,14H,10-11,13H2,1H3,(H,24,28). The fourth-order valence-electron chi connectivity index (χ4n) is 3.16. The lowest BCUT2D eigenvalue weighted by molar-refractivity contribution is -0.116. The third-order valence-corrected chi connectivity index (χ3v) is 4.63. The number of amides is 1. The highest BCUT2D eigenvalue weighted by Crippen LogP contribution is 2.16. The van der Waals surface area contributed by atoms with E-state index in [2.05, 4.69) is 15.4 Å². The summed E-state index contributed by atoms with van der Waals surface area (Å²) in [6, 6.07) is 14.2. The Morgan fingerprint density at radius 1 is 1.14 bits per heavy atom. The molecule has 6 nitrogen and oxygen atoms in total. The zero-order valence-corrected chi connectivity index (χ0v) is 15.5. The van der Waals surface area contributed by atoms with Crippen LogP contribution in [0.5, 0.6) is 0 Å². The van der Waals surface area contributed by atoms with E-state index in [1.807, 2.05) is 35.9 Å². The van der Waals surface area contributed by atoms with E-state index < -0.39 is 0 Å². The van der Waals surface area contributed by atoms with Crippen molar-refractivity contribution >= 4 is 22.6 Å². The van der Waals surface area contributed by atoms with Gasteiger partial charge in [-0.05, 0) is 29.8 Å². The normalized spacial score (nSPS) is 11.1. The average molecular weight is 377 g/mol. The molecule has 7 heteroatoms. The zero-order valence-electron chi connectivity index (χ0n) is 15.5. The van der Waals surface area contributed by atoms with Crippen LogP contribution in [0.25, 0.3) is 11.0 Å². The summed E-state index contributed by atoms with van der Waals surface area (Å²) in [5, 5.41) is 7.10. The highest BCUT2D eigenvalue weighted by Gasteiger charge is 2.10. The molecule has 0 aliphatic rings. The Balaban J connectivity index is 1.34. The first kappa shape index (κ1) is 17.9. The van der Waals surface area contributed by atoms with E-state index >= 15 is 0 Å². The molecule has 0 spiro atoms. The predicted octanol–water partition coefficient (Wildman–Crippen LogP) is 3.53. The van der Waals surface area contributed by atoms with Gasteiger partial charge in [0.2, 0.25) is 5.91 Å². The zero-order chi connectivity index (χ0) is 19.5. The van der Waals surface area contributed by atoms with Crippen LogP contribution in [0.15, 0.2) is 60.9 Å². The van der Waals surface area contributed by atoms with Crippen molar-refractivity contribution in [2.24, 2.45) is 7.05 Å². The number of hydrogen-bond donors (Lipinski definition) is 1. The number of nitrogens with one attached hydrogen (secondary N) is 1. The second kappa shape index (κ2) is 7.64. The molecule has 0 bridgehead atoms. The Hall–Kier alpha value is -3.48. The van der Waals surface area contributed by atoms with Crippen LogP contribution in [0.1, 0.15) is 17.8 Å². The van der Waals surface area contributed by atoms with Gasteiger partial charge >= 0.3 is 0 Å². The molecular weight excluding hydrogens is 357 g/mol. The van der Waals surface area contributed by atoms with E-state index in [0.29, 0.717) is 25.1 Å². The first-order valence-electron chi connectivity index (χ1n) is 9.05. The van der Waals surface area contributed by atoms with Gasteiger partial charge in [-0.3, -0.25) is 9.48 Å². The maximum absolute atomic E-state index is 13.0. The van der Waals surface area contributed by atoms with E-state index in [1.54, 1.807) is 29.2 Å². The number of nitrogens with zero attached hydrogens (tertiary/aromatic N) is 4. The Labute approximate surface area is 161 Å². The van der Waals surface area contributed by atoms with Crippen molar-refractivity contribution < 1.29 is 9.18 Å². The maximum Gasteiger partial charge on any atom is 0.224 e. The van der Waals surface area contributed by atoms with Gasteiger partial charge in [-0.15, -0.1) is 0 Å². The number of carbonyl (C=O) groups is 1. The number of aryl methyl sites for hydroxylation is 2. The Kier molecular flexibility index (Phi) is 4.89. The third kappa shape index (κ3) is 3.93. The first-order valence-corrected chi connectivity index (χ1v) is 9.05. The summed E-state index contributed by atoms with van der Waals surface area (Å²) in [6.45, 7) is 0.510. The molecule has 0 atom stereocenters. The van der Waals surface area contributed by atoms with Gasteiger partial charge in [0.05, 0.1) is 29.5 Å². The summed E-state index contributed by atoms with van der Waals surface area (Å²) < 4.78 is 16.7. The largest absolute Gasteiger partial charge is 0.331 e. The van der Waals surface area contributed by atoms with Crippen molar-refractivity contribution in [3.8, 4) is 0 Å². The summed E-state index contributed by atoms with van der Waals surface area (Å²) in [6.07, 6.45) is 4.26. The van der Waals surface area contributed by atoms with E-state index in [0.717, 1.165) is 22.4 Å². The molecule has 4 rings (SSSR count). The Morgan fingerprint density at radius 3 is 2.71 bits per heavy atom. The molecule has 0 saturated carbocycles. The predicted molar refractivity (Wildman–Crippen MR) is 105 cm³/mol. The topological polar surface area (TPSA) is 64.7 Å². The van der Waals surface area contributed by atoms with E-state index in [4.69, 9.17) is 0 Å². The van der Waals surface area contributed by atoms with Crippen LogP contribution in [-0.4, -0.2) is 25.2 Å². The van der Waals surface area contributed by atoms with Crippen molar-refractivity contribution in [3.05, 3.63) is 78.1 Å². The number of anilines is 1. The average Bonchev–Trinajstić information content (AvgIpc) is 3.26. The van der Waals surface area contributed by atoms with Crippen molar-refractivity contribution in [2.45, 2.75) is 19.4 Å². The summed E-state index contributed by atoms with van der Waals surface area (Å²) in [5.74, 6) is 0.523. The van der Waals surface area contributed by atoms with E-state index in [1.165, 1.54) is 12.1 Å². The Morgan fingerprint density at radius 2 is 1.93 bits per heavy atom. The van der Waals surface area contributed by atoms with Crippen LogP contribution in [0.3, 0.4) is 0 Å². The van der Waals surface area contributed by atoms with Gasteiger partial charge < -0.3 is 9.88 Å². The van der Waals surface area contributed by atoms with Crippen LogP contribution >= 0.6 is 0 Å². The van der Waals surface area contributed by atoms with Gasteiger partial charge in [-0.2, -0.15) is 5.10 Å². The van der Waals surface area contributed by atoms with Crippen LogP contribution in [0, 0.1) is 5.82 Å². The molecule has 1 N–H and O–H groups in total. The van der Waals surface area contributed by atoms with Gasteiger partial charge in [-0.1, -0.05) is 24.3 Å². The Bertz CT molecular complexity index is 1110.